The van der Waals surface area contributed by atoms with Gasteiger partial charge in [0, 0.05) is 31.6 Å². The molecule has 0 aromatic carbocycles. The van der Waals surface area contributed by atoms with Crippen LogP contribution < -0.4 is 5.32 Å². The second-order valence-corrected chi connectivity index (χ2v) is 5.70. The van der Waals surface area contributed by atoms with Crippen LogP contribution in [0.3, 0.4) is 0 Å². The molecule has 102 valence electrons. The average Bonchev–Trinajstić information content (AvgIpc) is 3.11. The van der Waals surface area contributed by atoms with Crippen molar-refractivity contribution in [3.05, 3.63) is 24.0 Å². The van der Waals surface area contributed by atoms with Gasteiger partial charge in [-0.2, -0.15) is 0 Å². The van der Waals surface area contributed by atoms with Gasteiger partial charge in [0.1, 0.15) is 0 Å². The summed E-state index contributed by atoms with van der Waals surface area (Å²) >= 11 is 0. The average molecular weight is 250 g/mol. The number of hydrogen-bond donors (Lipinski definition) is 2. The second-order valence-electron chi connectivity index (χ2n) is 5.70. The minimum Gasteiger partial charge on any atom is -0.396 e. The van der Waals surface area contributed by atoms with Crippen molar-refractivity contribution in [2.75, 3.05) is 13.2 Å². The Kier molecular flexibility index (Phi) is 4.84. The van der Waals surface area contributed by atoms with E-state index in [-0.39, 0.29) is 6.61 Å². The lowest BCUT2D eigenvalue weighted by Gasteiger charge is -2.17. The Morgan fingerprint density at radius 3 is 2.89 bits per heavy atom. The van der Waals surface area contributed by atoms with Crippen LogP contribution in [0.2, 0.25) is 0 Å². The molecule has 18 heavy (non-hydrogen) atoms. The predicted octanol–water partition coefficient (Wildman–Crippen LogP) is 2.57. The number of rotatable bonds is 8. The maximum absolute atomic E-state index is 9.10. The van der Waals surface area contributed by atoms with E-state index in [4.69, 9.17) is 5.11 Å². The molecule has 2 N–H and O–H groups in total. The van der Waals surface area contributed by atoms with Crippen molar-refractivity contribution < 1.29 is 5.11 Å². The highest BCUT2D eigenvalue weighted by atomic mass is 16.3. The van der Waals surface area contributed by atoms with Gasteiger partial charge in [-0.25, -0.2) is 0 Å². The molecule has 2 unspecified atom stereocenters. The van der Waals surface area contributed by atoms with Crippen molar-refractivity contribution in [1.82, 2.24) is 9.88 Å². The molecule has 1 aliphatic carbocycles. The van der Waals surface area contributed by atoms with E-state index >= 15 is 0 Å². The van der Waals surface area contributed by atoms with Crippen molar-refractivity contribution >= 4 is 0 Å². The molecule has 0 aliphatic heterocycles. The third-order valence-corrected chi connectivity index (χ3v) is 3.67. The number of aliphatic hydroxyl groups excluding tert-OH is 1. The Hall–Kier alpha value is -0.800. The fourth-order valence-electron chi connectivity index (χ4n) is 2.46. The van der Waals surface area contributed by atoms with Gasteiger partial charge in [-0.15, -0.1) is 0 Å². The zero-order chi connectivity index (χ0) is 13.0. The van der Waals surface area contributed by atoms with Gasteiger partial charge in [0.05, 0.1) is 0 Å². The minimum absolute atomic E-state index is 0.258. The lowest BCUT2D eigenvalue weighted by atomic mass is 10.1. The first-order valence-electron chi connectivity index (χ1n) is 7.24. The SMILES string of the molecule is CCCNC(c1ccn(CC(C)CO)c1)C1CC1. The first-order chi connectivity index (χ1) is 8.74. The fourth-order valence-corrected chi connectivity index (χ4v) is 2.46. The number of hydrogen-bond acceptors (Lipinski definition) is 2. The summed E-state index contributed by atoms with van der Waals surface area (Å²) in [6.07, 6.45) is 8.30. The molecule has 2 rings (SSSR count). The van der Waals surface area contributed by atoms with Crippen LogP contribution in [0.25, 0.3) is 0 Å². The van der Waals surface area contributed by atoms with Crippen LogP contribution in [-0.4, -0.2) is 22.8 Å². The summed E-state index contributed by atoms with van der Waals surface area (Å²) in [6.45, 7) is 6.55. The second kappa shape index (κ2) is 6.39. The summed E-state index contributed by atoms with van der Waals surface area (Å²) in [4.78, 5) is 0. The lowest BCUT2D eigenvalue weighted by molar-refractivity contribution is 0.223. The van der Waals surface area contributed by atoms with Crippen molar-refractivity contribution in [1.29, 1.82) is 0 Å². The molecule has 1 aliphatic rings. The molecular formula is C15H26N2O. The predicted molar refractivity (Wildman–Crippen MR) is 74.4 cm³/mol. The lowest BCUT2D eigenvalue weighted by Crippen LogP contribution is -2.23. The van der Waals surface area contributed by atoms with Gasteiger partial charge in [0.2, 0.25) is 0 Å². The highest BCUT2D eigenvalue weighted by molar-refractivity contribution is 5.18. The summed E-state index contributed by atoms with van der Waals surface area (Å²) in [5, 5.41) is 12.8. The van der Waals surface area contributed by atoms with E-state index in [1.54, 1.807) is 0 Å². The highest BCUT2D eigenvalue weighted by Crippen LogP contribution is 2.41. The maximum atomic E-state index is 9.10. The van der Waals surface area contributed by atoms with E-state index in [9.17, 15) is 0 Å². The Morgan fingerprint density at radius 2 is 2.28 bits per heavy atom. The van der Waals surface area contributed by atoms with Crippen molar-refractivity contribution in [2.24, 2.45) is 11.8 Å². The van der Waals surface area contributed by atoms with Gasteiger partial charge in [0.15, 0.2) is 0 Å². The molecular weight excluding hydrogens is 224 g/mol. The maximum Gasteiger partial charge on any atom is 0.0473 e. The van der Waals surface area contributed by atoms with E-state index in [1.165, 1.54) is 24.8 Å². The number of aromatic nitrogens is 1. The molecule has 2 atom stereocenters. The first kappa shape index (κ1) is 13.6. The van der Waals surface area contributed by atoms with Crippen LogP contribution in [0.15, 0.2) is 18.5 Å². The van der Waals surface area contributed by atoms with Gasteiger partial charge < -0.3 is 15.0 Å². The van der Waals surface area contributed by atoms with Crippen LogP contribution >= 0.6 is 0 Å². The Bertz CT molecular complexity index is 357. The number of nitrogens with zero attached hydrogens (tertiary/aromatic N) is 1. The Morgan fingerprint density at radius 1 is 1.50 bits per heavy atom. The van der Waals surface area contributed by atoms with Crippen LogP contribution in [0.4, 0.5) is 0 Å². The molecule has 1 aromatic rings. The monoisotopic (exact) mass is 250 g/mol. The minimum atomic E-state index is 0.258. The van der Waals surface area contributed by atoms with Crippen LogP contribution in [0.1, 0.15) is 44.7 Å². The third-order valence-electron chi connectivity index (χ3n) is 3.67. The van der Waals surface area contributed by atoms with E-state index in [1.807, 2.05) is 0 Å². The smallest absolute Gasteiger partial charge is 0.0473 e. The molecule has 1 heterocycles. The molecule has 0 radical (unpaired) electrons. The number of nitrogens with one attached hydrogen (secondary N) is 1. The molecule has 1 saturated carbocycles. The van der Waals surface area contributed by atoms with E-state index in [0.29, 0.717) is 12.0 Å². The zero-order valence-corrected chi connectivity index (χ0v) is 11.6. The molecule has 0 saturated heterocycles. The molecule has 1 aromatic heterocycles. The molecule has 0 spiro atoms. The molecule has 3 heteroatoms. The standard InChI is InChI=1S/C15H26N2O/c1-3-7-16-15(13-4-5-13)14-6-8-17(10-14)9-12(2)11-18/h6,8,10,12-13,15-16,18H,3-5,7,9,11H2,1-2H3. The Balaban J connectivity index is 1.97. The summed E-state index contributed by atoms with van der Waals surface area (Å²) in [5.41, 5.74) is 1.41. The number of aliphatic hydroxyl groups is 1. The topological polar surface area (TPSA) is 37.2 Å². The van der Waals surface area contributed by atoms with Gasteiger partial charge in [0.25, 0.3) is 0 Å². The molecule has 3 nitrogen and oxygen atoms in total. The summed E-state index contributed by atoms with van der Waals surface area (Å²) < 4.78 is 2.21. The van der Waals surface area contributed by atoms with E-state index in [2.05, 4.69) is 42.2 Å². The third kappa shape index (κ3) is 3.59. The Labute approximate surface area is 110 Å². The zero-order valence-electron chi connectivity index (χ0n) is 11.6. The molecule has 0 bridgehead atoms. The quantitative estimate of drug-likeness (QED) is 0.744. The van der Waals surface area contributed by atoms with E-state index in [0.717, 1.165) is 19.0 Å². The first-order valence-corrected chi connectivity index (χ1v) is 7.24. The summed E-state index contributed by atoms with van der Waals surface area (Å²) in [6, 6.07) is 2.77. The van der Waals surface area contributed by atoms with Gasteiger partial charge in [-0.05, 0) is 49.3 Å². The van der Waals surface area contributed by atoms with Gasteiger partial charge in [-0.3, -0.25) is 0 Å². The largest absolute Gasteiger partial charge is 0.396 e. The molecule has 0 amide bonds. The van der Waals surface area contributed by atoms with Gasteiger partial charge >= 0.3 is 0 Å². The summed E-state index contributed by atoms with van der Waals surface area (Å²) in [7, 11) is 0. The van der Waals surface area contributed by atoms with Crippen molar-refractivity contribution in [3.63, 3.8) is 0 Å². The van der Waals surface area contributed by atoms with Gasteiger partial charge in [-0.1, -0.05) is 13.8 Å². The van der Waals surface area contributed by atoms with Crippen molar-refractivity contribution in [2.45, 2.75) is 45.7 Å². The van der Waals surface area contributed by atoms with E-state index < -0.39 is 0 Å². The normalized spacial score (nSPS) is 18.8. The van der Waals surface area contributed by atoms with Crippen LogP contribution in [0.5, 0.6) is 0 Å². The highest BCUT2D eigenvalue weighted by Gasteiger charge is 2.32. The van der Waals surface area contributed by atoms with Crippen LogP contribution in [0, 0.1) is 11.8 Å². The van der Waals surface area contributed by atoms with Crippen molar-refractivity contribution in [3.8, 4) is 0 Å². The fraction of sp³-hybridized carbons (Fsp3) is 0.733. The summed E-state index contributed by atoms with van der Waals surface area (Å²) in [5.74, 6) is 1.16. The van der Waals surface area contributed by atoms with Crippen LogP contribution in [-0.2, 0) is 6.54 Å². The molecule has 1 fully saturated rings.